The normalized spacial score (nSPS) is 10.5. The number of pyridine rings is 1. The lowest BCUT2D eigenvalue weighted by Crippen LogP contribution is -2.08. The molecule has 0 amide bonds. The summed E-state index contributed by atoms with van der Waals surface area (Å²) in [5.74, 6) is -0.114. The maximum atomic E-state index is 12.7. The van der Waals surface area contributed by atoms with E-state index >= 15 is 0 Å². The highest BCUT2D eigenvalue weighted by molar-refractivity contribution is 5.78. The summed E-state index contributed by atoms with van der Waals surface area (Å²) in [6, 6.07) is 0. The Kier molecular flexibility index (Phi) is 3.68. The fourth-order valence-corrected chi connectivity index (χ4v) is 1.25. The molecule has 0 spiro atoms. The number of halogens is 2. The van der Waals surface area contributed by atoms with E-state index in [1.807, 2.05) is 0 Å². The molecular formula is C9H10F2N2O2. The van der Waals surface area contributed by atoms with Gasteiger partial charge in [-0.1, -0.05) is 0 Å². The number of alkyl halides is 2. The summed E-state index contributed by atoms with van der Waals surface area (Å²) in [6.45, 7) is -0.0258. The number of carbonyl (C=O) groups excluding carboxylic acids is 1. The fourth-order valence-electron chi connectivity index (χ4n) is 1.25. The minimum atomic E-state index is -2.80. The highest BCUT2D eigenvalue weighted by atomic mass is 19.3. The molecule has 82 valence electrons. The number of aromatic nitrogens is 1. The van der Waals surface area contributed by atoms with Crippen molar-refractivity contribution in [2.75, 3.05) is 7.11 Å². The quantitative estimate of drug-likeness (QED) is 0.770. The van der Waals surface area contributed by atoms with Crippen molar-refractivity contribution in [3.05, 3.63) is 23.0 Å². The van der Waals surface area contributed by atoms with Gasteiger partial charge in [-0.3, -0.25) is 9.78 Å². The van der Waals surface area contributed by atoms with Gasteiger partial charge in [-0.15, -0.1) is 0 Å². The molecule has 0 fully saturated rings. The molecule has 0 aliphatic heterocycles. The molecule has 0 bridgehead atoms. The van der Waals surface area contributed by atoms with Gasteiger partial charge in [0.05, 0.1) is 18.4 Å². The van der Waals surface area contributed by atoms with Gasteiger partial charge in [0, 0.05) is 18.3 Å². The number of methoxy groups -OCH3 is 1. The molecule has 0 saturated heterocycles. The summed E-state index contributed by atoms with van der Waals surface area (Å²) >= 11 is 0. The lowest BCUT2D eigenvalue weighted by molar-refractivity contribution is 0.110. The van der Waals surface area contributed by atoms with E-state index in [9.17, 15) is 13.6 Å². The van der Waals surface area contributed by atoms with Gasteiger partial charge in [0.2, 0.25) is 0 Å². The molecule has 1 heterocycles. The van der Waals surface area contributed by atoms with Crippen LogP contribution >= 0.6 is 0 Å². The second-order valence-corrected chi connectivity index (χ2v) is 2.73. The average molecular weight is 216 g/mol. The molecule has 0 radical (unpaired) electrons. The van der Waals surface area contributed by atoms with Crippen LogP contribution in [0, 0.1) is 0 Å². The number of nitrogens with zero attached hydrogens (tertiary/aromatic N) is 1. The van der Waals surface area contributed by atoms with E-state index in [0.29, 0.717) is 6.29 Å². The highest BCUT2D eigenvalue weighted by Crippen LogP contribution is 2.33. The first kappa shape index (κ1) is 11.5. The smallest absolute Gasteiger partial charge is 0.268 e. The van der Waals surface area contributed by atoms with Crippen LogP contribution in [0.25, 0.3) is 0 Å². The Morgan fingerprint density at radius 3 is 2.73 bits per heavy atom. The molecule has 15 heavy (non-hydrogen) atoms. The summed E-state index contributed by atoms with van der Waals surface area (Å²) < 4.78 is 30.1. The van der Waals surface area contributed by atoms with Crippen molar-refractivity contribution in [1.29, 1.82) is 0 Å². The molecule has 1 rings (SSSR count). The van der Waals surface area contributed by atoms with Crippen LogP contribution in [0.4, 0.5) is 8.78 Å². The van der Waals surface area contributed by atoms with Crippen molar-refractivity contribution in [3.8, 4) is 5.75 Å². The summed E-state index contributed by atoms with van der Waals surface area (Å²) in [7, 11) is 1.23. The molecule has 1 aromatic rings. The van der Waals surface area contributed by atoms with Crippen LogP contribution in [0.15, 0.2) is 6.20 Å². The predicted molar refractivity (Wildman–Crippen MR) is 49.0 cm³/mol. The monoisotopic (exact) mass is 216 g/mol. The van der Waals surface area contributed by atoms with Crippen LogP contribution < -0.4 is 10.5 Å². The first-order valence-electron chi connectivity index (χ1n) is 4.14. The maximum Gasteiger partial charge on any atom is 0.268 e. The van der Waals surface area contributed by atoms with Crippen LogP contribution in [0.1, 0.15) is 28.0 Å². The SMILES string of the molecule is COc1c(CN)ncc(C=O)c1C(F)F. The number of carbonyl (C=O) groups is 1. The van der Waals surface area contributed by atoms with Gasteiger partial charge in [-0.05, 0) is 0 Å². The van der Waals surface area contributed by atoms with Gasteiger partial charge >= 0.3 is 0 Å². The average Bonchev–Trinajstić information content (AvgIpc) is 2.26. The standard InChI is InChI=1S/C9H10F2N2O2/c1-15-8-6(2-12)13-3-5(4-14)7(8)9(10)11/h3-4,9H,2,12H2,1H3. The molecule has 0 atom stereocenters. The van der Waals surface area contributed by atoms with E-state index in [4.69, 9.17) is 10.5 Å². The maximum absolute atomic E-state index is 12.7. The molecule has 6 heteroatoms. The van der Waals surface area contributed by atoms with Crippen LogP contribution in [0.2, 0.25) is 0 Å². The third kappa shape index (κ3) is 2.10. The molecular weight excluding hydrogens is 206 g/mol. The Hall–Kier alpha value is -1.56. The number of nitrogens with two attached hydrogens (primary N) is 1. The second-order valence-electron chi connectivity index (χ2n) is 2.73. The van der Waals surface area contributed by atoms with Gasteiger partial charge in [0.25, 0.3) is 6.43 Å². The van der Waals surface area contributed by atoms with E-state index in [1.165, 1.54) is 7.11 Å². The predicted octanol–water partition coefficient (Wildman–Crippen LogP) is 1.30. The van der Waals surface area contributed by atoms with Gasteiger partial charge < -0.3 is 10.5 Å². The molecule has 0 saturated carbocycles. The van der Waals surface area contributed by atoms with E-state index in [-0.39, 0.29) is 23.6 Å². The van der Waals surface area contributed by atoms with Crippen molar-refractivity contribution < 1.29 is 18.3 Å². The lowest BCUT2D eigenvalue weighted by Gasteiger charge is -2.12. The van der Waals surface area contributed by atoms with Crippen LogP contribution in [0.3, 0.4) is 0 Å². The van der Waals surface area contributed by atoms with Gasteiger partial charge in [0.15, 0.2) is 12.0 Å². The van der Waals surface area contributed by atoms with E-state index in [2.05, 4.69) is 4.98 Å². The first-order valence-corrected chi connectivity index (χ1v) is 4.14. The summed E-state index contributed by atoms with van der Waals surface area (Å²) in [5, 5.41) is 0. The topological polar surface area (TPSA) is 65.2 Å². The third-order valence-corrected chi connectivity index (χ3v) is 1.92. The Balaban J connectivity index is 3.44. The zero-order valence-corrected chi connectivity index (χ0v) is 8.04. The molecule has 1 aromatic heterocycles. The van der Waals surface area contributed by atoms with Crippen molar-refractivity contribution in [2.45, 2.75) is 13.0 Å². The zero-order chi connectivity index (χ0) is 11.4. The third-order valence-electron chi connectivity index (χ3n) is 1.92. The Morgan fingerprint density at radius 2 is 2.33 bits per heavy atom. The van der Waals surface area contributed by atoms with Gasteiger partial charge in [-0.25, -0.2) is 8.78 Å². The van der Waals surface area contributed by atoms with Crippen molar-refractivity contribution in [2.24, 2.45) is 5.73 Å². The summed E-state index contributed by atoms with van der Waals surface area (Å²) in [4.78, 5) is 14.3. The number of hydrogen-bond donors (Lipinski definition) is 1. The molecule has 0 aromatic carbocycles. The first-order chi connectivity index (χ1) is 7.15. The number of ether oxygens (including phenoxy) is 1. The number of rotatable bonds is 4. The van der Waals surface area contributed by atoms with Gasteiger partial charge in [0.1, 0.15) is 0 Å². The molecule has 2 N–H and O–H groups in total. The van der Waals surface area contributed by atoms with Crippen molar-refractivity contribution in [3.63, 3.8) is 0 Å². The zero-order valence-electron chi connectivity index (χ0n) is 8.04. The molecule has 4 nitrogen and oxygen atoms in total. The molecule has 0 aliphatic carbocycles. The fraction of sp³-hybridized carbons (Fsp3) is 0.333. The van der Waals surface area contributed by atoms with Crippen LogP contribution in [-0.2, 0) is 6.54 Å². The minimum absolute atomic E-state index is 0.0258. The van der Waals surface area contributed by atoms with E-state index in [1.54, 1.807) is 0 Å². The minimum Gasteiger partial charge on any atom is -0.494 e. The molecule has 0 aliphatic rings. The largest absolute Gasteiger partial charge is 0.494 e. The second kappa shape index (κ2) is 4.79. The lowest BCUT2D eigenvalue weighted by atomic mass is 10.1. The van der Waals surface area contributed by atoms with Crippen LogP contribution in [0.5, 0.6) is 5.75 Å². The van der Waals surface area contributed by atoms with Crippen molar-refractivity contribution >= 4 is 6.29 Å². The number of hydrogen-bond acceptors (Lipinski definition) is 4. The number of aldehydes is 1. The van der Waals surface area contributed by atoms with Crippen LogP contribution in [-0.4, -0.2) is 18.4 Å². The Morgan fingerprint density at radius 1 is 1.67 bits per heavy atom. The summed E-state index contributed by atoms with van der Waals surface area (Å²) in [6.07, 6.45) is -1.41. The van der Waals surface area contributed by atoms with E-state index < -0.39 is 12.0 Å². The summed E-state index contributed by atoms with van der Waals surface area (Å²) in [5.41, 5.74) is 4.88. The van der Waals surface area contributed by atoms with Gasteiger partial charge in [-0.2, -0.15) is 0 Å². The van der Waals surface area contributed by atoms with Crippen molar-refractivity contribution in [1.82, 2.24) is 4.98 Å². The highest BCUT2D eigenvalue weighted by Gasteiger charge is 2.22. The Labute approximate surface area is 85.1 Å². The molecule has 0 unspecified atom stereocenters. The van der Waals surface area contributed by atoms with E-state index in [0.717, 1.165) is 6.20 Å². The Bertz CT molecular complexity index is 369.